The fourth-order valence-electron chi connectivity index (χ4n) is 14.9. The molecule has 0 radical (unpaired) electrons. The van der Waals surface area contributed by atoms with Crippen molar-refractivity contribution in [3.8, 4) is 44.5 Å². The van der Waals surface area contributed by atoms with Gasteiger partial charge in [0.15, 0.2) is 0 Å². The molecule has 1 aromatic heterocycles. The molecular formula is C75H59NS. The quantitative estimate of drug-likeness (QED) is 0.154. The number of anilines is 3. The van der Waals surface area contributed by atoms with Gasteiger partial charge in [-0.1, -0.05) is 208 Å². The molecule has 1 heterocycles. The van der Waals surface area contributed by atoms with Gasteiger partial charge in [-0.15, -0.1) is 11.3 Å². The monoisotopic (exact) mass is 1010 g/mol. The second-order valence-corrected chi connectivity index (χ2v) is 23.8. The van der Waals surface area contributed by atoms with Gasteiger partial charge in [0.25, 0.3) is 0 Å². The average Bonchev–Trinajstić information content (AvgIpc) is 4.29. The van der Waals surface area contributed by atoms with E-state index in [9.17, 15) is 0 Å². The highest BCUT2D eigenvalue weighted by molar-refractivity contribution is 7.26. The smallest absolute Gasteiger partial charge is 0.0726 e. The maximum Gasteiger partial charge on any atom is 0.0726 e. The molecule has 0 saturated heterocycles. The largest absolute Gasteiger partial charge is 0.309 e. The van der Waals surface area contributed by atoms with E-state index in [2.05, 4.69) is 229 Å². The SMILES string of the molecule is c1ccc2c(c1)-c1c(N(c3ccc(-c4ccc5cc(-c6ccc7ccccc7c6)ccc5c4)cc3)c3cccc4sc5ccccc5c34)cccc1C21c2cc(C3CCCCC3)ccc2-c2ccc(C3CCCCC3)cc21. The zero-order valence-electron chi connectivity index (χ0n) is 43.4. The van der Waals surface area contributed by atoms with Crippen molar-refractivity contribution in [1.29, 1.82) is 0 Å². The number of benzene rings is 11. The van der Waals surface area contributed by atoms with Gasteiger partial charge in [0.1, 0.15) is 0 Å². The zero-order valence-corrected chi connectivity index (χ0v) is 44.3. The Labute approximate surface area is 456 Å². The van der Waals surface area contributed by atoms with Gasteiger partial charge in [0.2, 0.25) is 0 Å². The van der Waals surface area contributed by atoms with Crippen LogP contribution in [0.4, 0.5) is 17.1 Å². The van der Waals surface area contributed by atoms with Gasteiger partial charge in [0, 0.05) is 31.4 Å². The maximum atomic E-state index is 2.69. The van der Waals surface area contributed by atoms with Crippen molar-refractivity contribution in [1.82, 2.24) is 0 Å². The highest BCUT2D eigenvalue weighted by Crippen LogP contribution is 2.66. The van der Waals surface area contributed by atoms with Gasteiger partial charge >= 0.3 is 0 Å². The highest BCUT2D eigenvalue weighted by Gasteiger charge is 2.53. The van der Waals surface area contributed by atoms with E-state index in [0.29, 0.717) is 11.8 Å². The number of fused-ring (bicyclic) bond motifs is 15. The van der Waals surface area contributed by atoms with E-state index in [1.165, 1.54) is 195 Å². The predicted molar refractivity (Wildman–Crippen MR) is 328 cm³/mol. The van der Waals surface area contributed by atoms with Crippen molar-refractivity contribution in [2.75, 3.05) is 4.90 Å². The van der Waals surface area contributed by atoms with Crippen LogP contribution >= 0.6 is 11.3 Å². The molecule has 0 atom stereocenters. The van der Waals surface area contributed by atoms with Crippen LogP contribution in [0.3, 0.4) is 0 Å². The summed E-state index contributed by atoms with van der Waals surface area (Å²) in [5.41, 5.74) is 22.3. The summed E-state index contributed by atoms with van der Waals surface area (Å²) >= 11 is 1.90. The van der Waals surface area contributed by atoms with Crippen LogP contribution in [-0.2, 0) is 5.41 Å². The van der Waals surface area contributed by atoms with Crippen LogP contribution in [0.25, 0.3) is 86.2 Å². The molecule has 16 rings (SSSR count). The van der Waals surface area contributed by atoms with Crippen molar-refractivity contribution in [2.45, 2.75) is 81.5 Å². The van der Waals surface area contributed by atoms with Crippen molar-refractivity contribution >= 4 is 70.1 Å². The Kier molecular flexibility index (Phi) is 10.6. The number of hydrogen-bond acceptors (Lipinski definition) is 2. The highest BCUT2D eigenvalue weighted by atomic mass is 32.1. The first-order chi connectivity index (χ1) is 38.2. The summed E-state index contributed by atoms with van der Waals surface area (Å²) in [6, 6.07) is 86.9. The Balaban J connectivity index is 0.878. The van der Waals surface area contributed by atoms with Crippen molar-refractivity contribution in [3.63, 3.8) is 0 Å². The summed E-state index contributed by atoms with van der Waals surface area (Å²) in [6.45, 7) is 0. The minimum absolute atomic E-state index is 0.453. The third-order valence-corrected chi connectivity index (χ3v) is 19.8. The Morgan fingerprint density at radius 3 is 1.56 bits per heavy atom. The van der Waals surface area contributed by atoms with Gasteiger partial charge in [-0.3, -0.25) is 0 Å². The Hall–Kier alpha value is -8.04. The van der Waals surface area contributed by atoms with Crippen LogP contribution in [0.5, 0.6) is 0 Å². The molecule has 2 heteroatoms. The maximum absolute atomic E-state index is 2.69. The van der Waals surface area contributed by atoms with E-state index < -0.39 is 5.41 Å². The molecule has 1 spiro atoms. The van der Waals surface area contributed by atoms with Gasteiger partial charge in [-0.25, -0.2) is 0 Å². The summed E-state index contributed by atoms with van der Waals surface area (Å²) in [4.78, 5) is 2.61. The average molecular weight is 1010 g/mol. The zero-order chi connectivity index (χ0) is 50.6. The van der Waals surface area contributed by atoms with Gasteiger partial charge in [0.05, 0.1) is 16.8 Å². The third kappa shape index (κ3) is 7.11. The molecule has 4 aliphatic carbocycles. The lowest BCUT2D eigenvalue weighted by Crippen LogP contribution is -2.26. The number of rotatable bonds is 7. The second-order valence-electron chi connectivity index (χ2n) is 22.7. The van der Waals surface area contributed by atoms with Crippen LogP contribution in [-0.4, -0.2) is 0 Å². The number of thiophene rings is 1. The molecule has 2 saturated carbocycles. The molecule has 0 aliphatic heterocycles. The van der Waals surface area contributed by atoms with Crippen LogP contribution in [0.15, 0.2) is 224 Å². The van der Waals surface area contributed by atoms with E-state index in [-0.39, 0.29) is 0 Å². The van der Waals surface area contributed by atoms with Gasteiger partial charge in [-0.05, 0) is 186 Å². The van der Waals surface area contributed by atoms with Crippen LogP contribution in [0, 0.1) is 0 Å². The normalized spacial score (nSPS) is 15.8. The van der Waals surface area contributed by atoms with Crippen LogP contribution < -0.4 is 4.90 Å². The lowest BCUT2D eigenvalue weighted by atomic mass is 9.69. The fourth-order valence-corrected chi connectivity index (χ4v) is 16.1. The van der Waals surface area contributed by atoms with E-state index in [1.54, 1.807) is 0 Å². The molecule has 0 bridgehead atoms. The Morgan fingerprint density at radius 1 is 0.351 bits per heavy atom. The van der Waals surface area contributed by atoms with E-state index in [1.807, 2.05) is 11.3 Å². The molecular weight excluding hydrogens is 947 g/mol. The van der Waals surface area contributed by atoms with Crippen molar-refractivity contribution in [2.24, 2.45) is 0 Å². The number of hydrogen-bond donors (Lipinski definition) is 0. The standard InChI is InChI=1S/C75H59NS/c1-3-15-48(16-4-1)58-37-41-61-62-42-38-59(49-17-5-2-6-18-49)47-68(62)75(67(61)46-58)65-23-11-9-21-63(65)73-66(75)24-13-25-69(73)76(70-26-14-28-72-74(70)64-22-10-12-27-71(64)77-72)60-39-35-51(36-40-60)53-31-32-56-45-57(34-33-55(56)44-53)54-30-29-50-19-7-8-20-52(50)43-54/h7-14,19-49H,1-6,15-18H2. The lowest BCUT2D eigenvalue weighted by Gasteiger charge is -2.33. The molecule has 370 valence electrons. The summed E-state index contributed by atoms with van der Waals surface area (Å²) < 4.78 is 2.62. The molecule has 0 N–H and O–H groups in total. The summed E-state index contributed by atoms with van der Waals surface area (Å²) in [7, 11) is 0. The first-order valence-corrected chi connectivity index (χ1v) is 29.3. The first kappa shape index (κ1) is 45.2. The fraction of sp³-hybridized carbons (Fsp3) is 0.173. The summed E-state index contributed by atoms with van der Waals surface area (Å²) in [5.74, 6) is 1.22. The molecule has 2 fully saturated rings. The molecule has 11 aromatic carbocycles. The van der Waals surface area contributed by atoms with E-state index in [0.717, 1.165) is 5.69 Å². The molecule has 0 amide bonds. The lowest BCUT2D eigenvalue weighted by molar-refractivity contribution is 0.443. The molecule has 0 unspecified atom stereocenters. The van der Waals surface area contributed by atoms with E-state index in [4.69, 9.17) is 0 Å². The van der Waals surface area contributed by atoms with Crippen molar-refractivity contribution in [3.05, 3.63) is 258 Å². The predicted octanol–water partition coefficient (Wildman–Crippen LogP) is 21.6. The molecule has 4 aliphatic rings. The minimum Gasteiger partial charge on any atom is -0.309 e. The molecule has 12 aromatic rings. The summed E-state index contributed by atoms with van der Waals surface area (Å²) in [5, 5.41) is 7.64. The van der Waals surface area contributed by atoms with E-state index >= 15 is 0 Å². The minimum atomic E-state index is -0.453. The Bertz CT molecular complexity index is 4250. The van der Waals surface area contributed by atoms with Gasteiger partial charge < -0.3 is 4.90 Å². The Morgan fingerprint density at radius 2 is 0.870 bits per heavy atom. The van der Waals surface area contributed by atoms with Crippen LogP contribution in [0.1, 0.15) is 109 Å². The number of nitrogens with zero attached hydrogens (tertiary/aromatic N) is 1. The van der Waals surface area contributed by atoms with Gasteiger partial charge in [-0.2, -0.15) is 0 Å². The topological polar surface area (TPSA) is 3.24 Å². The molecule has 77 heavy (non-hydrogen) atoms. The molecule has 1 nitrogen and oxygen atoms in total. The second kappa shape index (κ2) is 18.0. The van der Waals surface area contributed by atoms with Crippen molar-refractivity contribution < 1.29 is 0 Å². The third-order valence-electron chi connectivity index (χ3n) is 18.6. The van der Waals surface area contributed by atoms with Crippen LogP contribution in [0.2, 0.25) is 0 Å². The summed E-state index contributed by atoms with van der Waals surface area (Å²) in [6.07, 6.45) is 13.2. The first-order valence-electron chi connectivity index (χ1n) is 28.5.